The van der Waals surface area contributed by atoms with Crippen molar-refractivity contribution in [2.75, 3.05) is 0 Å². The van der Waals surface area contributed by atoms with Gasteiger partial charge in [-0.15, -0.1) is 0 Å². The summed E-state index contributed by atoms with van der Waals surface area (Å²) < 4.78 is 13.6. The molecule has 5 heteroatoms. The van der Waals surface area contributed by atoms with E-state index in [-0.39, 0.29) is 11.5 Å². The topological polar surface area (TPSA) is 43.1 Å². The van der Waals surface area contributed by atoms with Gasteiger partial charge in [0.05, 0.1) is 8.49 Å². The Balaban J connectivity index is 3.20. The van der Waals surface area contributed by atoms with Gasteiger partial charge in [-0.2, -0.15) is 0 Å². The number of benzene rings is 1. The Labute approximate surface area is 94.6 Å². The lowest BCUT2D eigenvalue weighted by Gasteiger charge is -2.02. The van der Waals surface area contributed by atoms with Crippen molar-refractivity contribution in [2.24, 2.45) is 0 Å². The third-order valence-corrected chi connectivity index (χ3v) is 2.70. The molecule has 0 heterocycles. The van der Waals surface area contributed by atoms with Crippen LogP contribution >= 0.6 is 22.6 Å². The van der Waals surface area contributed by atoms with Crippen LogP contribution in [0.25, 0.3) is 0 Å². The summed E-state index contributed by atoms with van der Waals surface area (Å²) in [5.74, 6) is -0.359. The maximum absolute atomic E-state index is 13.3. The SMILES string of the molecule is CCCc1cc([N+](=O)[O-])c(I)cc1F. The van der Waals surface area contributed by atoms with E-state index in [0.717, 1.165) is 6.42 Å². The predicted octanol–water partition coefficient (Wildman–Crippen LogP) is 3.29. The summed E-state index contributed by atoms with van der Waals surface area (Å²) in [6.45, 7) is 1.91. The molecule has 0 unspecified atom stereocenters. The van der Waals surface area contributed by atoms with Crippen molar-refractivity contribution in [3.63, 3.8) is 0 Å². The second-order valence-corrected chi connectivity index (χ2v) is 4.06. The van der Waals surface area contributed by atoms with Gasteiger partial charge in [-0.3, -0.25) is 10.1 Å². The number of nitrogens with zero attached hydrogens (tertiary/aromatic N) is 1. The van der Waals surface area contributed by atoms with Gasteiger partial charge in [-0.05, 0) is 40.6 Å². The first kappa shape index (κ1) is 11.4. The van der Waals surface area contributed by atoms with Gasteiger partial charge in [-0.1, -0.05) is 13.3 Å². The fourth-order valence-corrected chi connectivity index (χ4v) is 1.81. The van der Waals surface area contributed by atoms with Crippen molar-refractivity contribution in [3.05, 3.63) is 37.2 Å². The molecule has 3 nitrogen and oxygen atoms in total. The molecule has 0 bridgehead atoms. The van der Waals surface area contributed by atoms with Gasteiger partial charge < -0.3 is 0 Å². The van der Waals surface area contributed by atoms with Crippen LogP contribution in [0.15, 0.2) is 12.1 Å². The van der Waals surface area contributed by atoms with E-state index < -0.39 is 4.92 Å². The standard InChI is InChI=1S/C9H9FINO2/c1-2-3-6-4-9(12(13)14)8(11)5-7(6)10/h4-5H,2-3H2,1H3. The molecule has 0 radical (unpaired) electrons. The van der Waals surface area contributed by atoms with E-state index in [1.54, 1.807) is 22.6 Å². The minimum absolute atomic E-state index is 0.0181. The number of nitro benzene ring substituents is 1. The van der Waals surface area contributed by atoms with Gasteiger partial charge in [0.15, 0.2) is 0 Å². The van der Waals surface area contributed by atoms with Gasteiger partial charge in [0, 0.05) is 6.07 Å². The fourth-order valence-electron chi connectivity index (χ4n) is 1.18. The average molecular weight is 309 g/mol. The van der Waals surface area contributed by atoms with Crippen LogP contribution in [-0.2, 0) is 6.42 Å². The van der Waals surface area contributed by atoms with E-state index in [2.05, 4.69) is 0 Å². The van der Waals surface area contributed by atoms with Crippen LogP contribution in [0.3, 0.4) is 0 Å². The molecule has 0 saturated carbocycles. The van der Waals surface area contributed by atoms with Crippen molar-refractivity contribution in [1.29, 1.82) is 0 Å². The van der Waals surface area contributed by atoms with Gasteiger partial charge >= 0.3 is 0 Å². The van der Waals surface area contributed by atoms with Gasteiger partial charge in [0.25, 0.3) is 5.69 Å². The monoisotopic (exact) mass is 309 g/mol. The molecular weight excluding hydrogens is 300 g/mol. The highest BCUT2D eigenvalue weighted by molar-refractivity contribution is 14.1. The summed E-state index contributed by atoms with van der Waals surface area (Å²) in [4.78, 5) is 10.1. The highest BCUT2D eigenvalue weighted by atomic mass is 127. The molecule has 0 spiro atoms. The molecule has 1 aromatic carbocycles. The minimum atomic E-state index is -0.486. The number of rotatable bonds is 3. The molecule has 0 aromatic heterocycles. The summed E-state index contributed by atoms with van der Waals surface area (Å²) in [5.41, 5.74) is 0.398. The summed E-state index contributed by atoms with van der Waals surface area (Å²) in [6.07, 6.45) is 1.30. The van der Waals surface area contributed by atoms with Crippen LogP contribution in [0.2, 0.25) is 0 Å². The first-order valence-electron chi connectivity index (χ1n) is 4.18. The second kappa shape index (κ2) is 4.68. The minimum Gasteiger partial charge on any atom is -0.258 e. The number of hydrogen-bond donors (Lipinski definition) is 0. The number of hydrogen-bond acceptors (Lipinski definition) is 2. The van der Waals surface area contributed by atoms with E-state index in [9.17, 15) is 14.5 Å². The van der Waals surface area contributed by atoms with Crippen molar-refractivity contribution in [2.45, 2.75) is 19.8 Å². The van der Waals surface area contributed by atoms with E-state index in [0.29, 0.717) is 15.6 Å². The smallest absolute Gasteiger partial charge is 0.258 e. The molecule has 76 valence electrons. The van der Waals surface area contributed by atoms with E-state index in [4.69, 9.17) is 0 Å². The normalized spacial score (nSPS) is 10.2. The zero-order valence-corrected chi connectivity index (χ0v) is 9.75. The highest BCUT2D eigenvalue weighted by Gasteiger charge is 2.15. The van der Waals surface area contributed by atoms with E-state index in [1.165, 1.54) is 12.1 Å². The molecule has 1 aromatic rings. The summed E-state index contributed by atoms with van der Waals surface area (Å²) in [7, 11) is 0. The largest absolute Gasteiger partial charge is 0.283 e. The van der Waals surface area contributed by atoms with Crippen LogP contribution in [0.1, 0.15) is 18.9 Å². The molecule has 0 aliphatic rings. The molecule has 0 atom stereocenters. The molecule has 0 saturated heterocycles. The Hall–Kier alpha value is -0.720. The summed E-state index contributed by atoms with van der Waals surface area (Å²) in [6, 6.07) is 2.53. The lowest BCUT2D eigenvalue weighted by Crippen LogP contribution is -1.97. The van der Waals surface area contributed by atoms with Crippen LogP contribution in [-0.4, -0.2) is 4.92 Å². The number of aryl methyl sites for hydroxylation is 1. The van der Waals surface area contributed by atoms with Crippen LogP contribution in [0.5, 0.6) is 0 Å². The van der Waals surface area contributed by atoms with Crippen LogP contribution in [0, 0.1) is 19.5 Å². The quantitative estimate of drug-likeness (QED) is 0.488. The van der Waals surface area contributed by atoms with E-state index >= 15 is 0 Å². The maximum Gasteiger partial charge on any atom is 0.283 e. The lowest BCUT2D eigenvalue weighted by atomic mass is 10.1. The Morgan fingerprint density at radius 1 is 1.57 bits per heavy atom. The summed E-state index contributed by atoms with van der Waals surface area (Å²) >= 11 is 1.76. The molecule has 1 rings (SSSR count). The molecule has 0 aliphatic heterocycles. The van der Waals surface area contributed by atoms with Crippen molar-refractivity contribution in [1.82, 2.24) is 0 Å². The average Bonchev–Trinajstić information content (AvgIpc) is 2.09. The maximum atomic E-state index is 13.3. The highest BCUT2D eigenvalue weighted by Crippen LogP contribution is 2.25. The van der Waals surface area contributed by atoms with Crippen LogP contribution < -0.4 is 0 Å². The fraction of sp³-hybridized carbons (Fsp3) is 0.333. The number of nitro groups is 1. The molecule has 0 N–H and O–H groups in total. The van der Waals surface area contributed by atoms with Crippen LogP contribution in [0.4, 0.5) is 10.1 Å². The second-order valence-electron chi connectivity index (χ2n) is 2.90. The zero-order valence-electron chi connectivity index (χ0n) is 7.59. The van der Waals surface area contributed by atoms with Crippen molar-refractivity contribution in [3.8, 4) is 0 Å². The molecule has 14 heavy (non-hydrogen) atoms. The Morgan fingerprint density at radius 3 is 2.71 bits per heavy atom. The van der Waals surface area contributed by atoms with Crippen molar-refractivity contribution < 1.29 is 9.31 Å². The zero-order chi connectivity index (χ0) is 10.7. The van der Waals surface area contributed by atoms with E-state index in [1.807, 2.05) is 6.92 Å². The lowest BCUT2D eigenvalue weighted by molar-refractivity contribution is -0.385. The van der Waals surface area contributed by atoms with Gasteiger partial charge in [0.1, 0.15) is 5.82 Å². The Kier molecular flexibility index (Phi) is 3.79. The Morgan fingerprint density at radius 2 is 2.21 bits per heavy atom. The van der Waals surface area contributed by atoms with Gasteiger partial charge in [0.2, 0.25) is 0 Å². The molecule has 0 fully saturated rings. The first-order chi connectivity index (χ1) is 6.56. The molecule has 0 amide bonds. The predicted molar refractivity (Wildman–Crippen MR) is 59.8 cm³/mol. The number of halogens is 2. The first-order valence-corrected chi connectivity index (χ1v) is 5.26. The molecular formula is C9H9FINO2. The molecule has 0 aliphatic carbocycles. The summed E-state index contributed by atoms with van der Waals surface area (Å²) in [5, 5.41) is 10.6. The Bertz CT molecular complexity index is 368. The third kappa shape index (κ3) is 2.40. The van der Waals surface area contributed by atoms with Gasteiger partial charge in [-0.25, -0.2) is 4.39 Å². The third-order valence-electron chi connectivity index (χ3n) is 1.83. The van der Waals surface area contributed by atoms with Crippen molar-refractivity contribution >= 4 is 28.3 Å².